The third-order valence-electron chi connectivity index (χ3n) is 2.69. The number of benzene rings is 1. The van der Waals surface area contributed by atoms with Gasteiger partial charge in [-0.1, -0.05) is 50.6 Å². The quantitative estimate of drug-likeness (QED) is 0.760. The summed E-state index contributed by atoms with van der Waals surface area (Å²) in [6.45, 7) is 4.28. The van der Waals surface area contributed by atoms with Gasteiger partial charge in [0.1, 0.15) is 0 Å². The fourth-order valence-corrected chi connectivity index (χ4v) is 1.70. The first kappa shape index (κ1) is 11.3. The van der Waals surface area contributed by atoms with Crippen molar-refractivity contribution in [2.45, 2.75) is 39.2 Å². The molecule has 1 heteroatoms. The molecule has 0 aliphatic rings. The highest BCUT2D eigenvalue weighted by molar-refractivity contribution is 5.15. The van der Waals surface area contributed by atoms with Crippen molar-refractivity contribution in [3.05, 3.63) is 35.9 Å². The number of hydrogen-bond donors (Lipinski definition) is 1. The standard InChI is InChI=1S/C13H20O/c1-3-7-11(2)13(14)10-12-8-5-4-6-9-12/h4-6,8-9,11,13-14H,3,7,10H2,1-2H3. The smallest absolute Gasteiger partial charge is 0.0606 e. The van der Waals surface area contributed by atoms with Gasteiger partial charge in [0.25, 0.3) is 0 Å². The zero-order valence-electron chi connectivity index (χ0n) is 9.11. The van der Waals surface area contributed by atoms with E-state index in [1.807, 2.05) is 18.2 Å². The van der Waals surface area contributed by atoms with Crippen LogP contribution in [0.2, 0.25) is 0 Å². The van der Waals surface area contributed by atoms with Gasteiger partial charge < -0.3 is 5.11 Å². The monoisotopic (exact) mass is 192 g/mol. The first-order valence-electron chi connectivity index (χ1n) is 5.46. The Balaban J connectivity index is 2.44. The molecule has 0 amide bonds. The second-order valence-corrected chi connectivity index (χ2v) is 4.02. The molecule has 0 aromatic heterocycles. The zero-order chi connectivity index (χ0) is 10.4. The second kappa shape index (κ2) is 5.82. The van der Waals surface area contributed by atoms with Crippen LogP contribution < -0.4 is 0 Å². The molecule has 78 valence electrons. The van der Waals surface area contributed by atoms with E-state index in [-0.39, 0.29) is 6.10 Å². The molecule has 0 aliphatic heterocycles. The van der Waals surface area contributed by atoms with Gasteiger partial charge in [-0.15, -0.1) is 0 Å². The first-order chi connectivity index (χ1) is 6.74. The van der Waals surface area contributed by atoms with Crippen LogP contribution in [0.4, 0.5) is 0 Å². The topological polar surface area (TPSA) is 20.2 Å². The largest absolute Gasteiger partial charge is 0.393 e. The molecule has 0 saturated heterocycles. The maximum atomic E-state index is 9.90. The van der Waals surface area contributed by atoms with Crippen molar-refractivity contribution in [1.29, 1.82) is 0 Å². The molecule has 14 heavy (non-hydrogen) atoms. The van der Waals surface area contributed by atoms with Gasteiger partial charge in [-0.05, 0) is 24.3 Å². The molecule has 2 atom stereocenters. The van der Waals surface area contributed by atoms with Crippen LogP contribution in [0.15, 0.2) is 30.3 Å². The van der Waals surface area contributed by atoms with Crippen molar-refractivity contribution in [2.24, 2.45) is 5.92 Å². The minimum atomic E-state index is -0.197. The van der Waals surface area contributed by atoms with Crippen molar-refractivity contribution < 1.29 is 5.11 Å². The number of hydrogen-bond acceptors (Lipinski definition) is 1. The summed E-state index contributed by atoms with van der Waals surface area (Å²) >= 11 is 0. The fourth-order valence-electron chi connectivity index (χ4n) is 1.70. The number of aliphatic hydroxyl groups is 1. The minimum Gasteiger partial charge on any atom is -0.393 e. The number of aliphatic hydroxyl groups excluding tert-OH is 1. The van der Waals surface area contributed by atoms with Crippen LogP contribution in [0.5, 0.6) is 0 Å². The Hall–Kier alpha value is -0.820. The van der Waals surface area contributed by atoms with E-state index in [0.29, 0.717) is 5.92 Å². The summed E-state index contributed by atoms with van der Waals surface area (Å²) in [5.41, 5.74) is 1.22. The average Bonchev–Trinajstić information content (AvgIpc) is 2.19. The predicted molar refractivity (Wildman–Crippen MR) is 60.2 cm³/mol. The summed E-state index contributed by atoms with van der Waals surface area (Å²) in [4.78, 5) is 0. The summed E-state index contributed by atoms with van der Waals surface area (Å²) in [5.74, 6) is 0.403. The van der Waals surface area contributed by atoms with Gasteiger partial charge >= 0.3 is 0 Å². The highest BCUT2D eigenvalue weighted by Crippen LogP contribution is 2.14. The number of rotatable bonds is 5. The first-order valence-corrected chi connectivity index (χ1v) is 5.46. The predicted octanol–water partition coefficient (Wildman–Crippen LogP) is 3.03. The van der Waals surface area contributed by atoms with E-state index in [2.05, 4.69) is 26.0 Å². The summed E-state index contributed by atoms with van der Waals surface area (Å²) in [7, 11) is 0. The molecule has 1 N–H and O–H groups in total. The van der Waals surface area contributed by atoms with Gasteiger partial charge in [0, 0.05) is 0 Å². The lowest BCUT2D eigenvalue weighted by Gasteiger charge is -2.17. The van der Waals surface area contributed by atoms with Crippen LogP contribution >= 0.6 is 0 Å². The second-order valence-electron chi connectivity index (χ2n) is 4.02. The Bertz CT molecular complexity index is 243. The Labute approximate surface area is 86.8 Å². The summed E-state index contributed by atoms with van der Waals surface area (Å²) in [6.07, 6.45) is 2.83. The fraction of sp³-hybridized carbons (Fsp3) is 0.538. The van der Waals surface area contributed by atoms with E-state index in [1.165, 1.54) is 5.56 Å². The maximum Gasteiger partial charge on any atom is 0.0606 e. The molecule has 1 nitrogen and oxygen atoms in total. The molecule has 0 fully saturated rings. The Morgan fingerprint density at radius 2 is 1.86 bits per heavy atom. The van der Waals surface area contributed by atoms with Crippen LogP contribution in [0.3, 0.4) is 0 Å². The average molecular weight is 192 g/mol. The van der Waals surface area contributed by atoms with Crippen molar-refractivity contribution >= 4 is 0 Å². The SMILES string of the molecule is CCCC(C)C(O)Cc1ccccc1. The molecule has 0 radical (unpaired) electrons. The Morgan fingerprint density at radius 3 is 2.43 bits per heavy atom. The molecule has 2 unspecified atom stereocenters. The maximum absolute atomic E-state index is 9.90. The Morgan fingerprint density at radius 1 is 1.21 bits per heavy atom. The molecule has 0 saturated carbocycles. The van der Waals surface area contributed by atoms with E-state index in [0.717, 1.165) is 19.3 Å². The van der Waals surface area contributed by atoms with Gasteiger partial charge in [-0.25, -0.2) is 0 Å². The van der Waals surface area contributed by atoms with Crippen molar-refractivity contribution in [3.63, 3.8) is 0 Å². The molecule has 1 aromatic rings. The van der Waals surface area contributed by atoms with E-state index in [9.17, 15) is 5.11 Å². The lowest BCUT2D eigenvalue weighted by atomic mass is 9.94. The van der Waals surface area contributed by atoms with Crippen LogP contribution in [0.25, 0.3) is 0 Å². The van der Waals surface area contributed by atoms with Crippen LogP contribution in [0, 0.1) is 5.92 Å². The normalized spacial score (nSPS) is 15.1. The molecule has 0 spiro atoms. The van der Waals surface area contributed by atoms with E-state index >= 15 is 0 Å². The summed E-state index contributed by atoms with van der Waals surface area (Å²) < 4.78 is 0. The minimum absolute atomic E-state index is 0.197. The lowest BCUT2D eigenvalue weighted by molar-refractivity contribution is 0.111. The summed E-state index contributed by atoms with van der Waals surface area (Å²) in [5, 5.41) is 9.90. The van der Waals surface area contributed by atoms with Crippen molar-refractivity contribution in [2.75, 3.05) is 0 Å². The summed E-state index contributed by atoms with van der Waals surface area (Å²) in [6, 6.07) is 10.2. The Kier molecular flexibility index (Phi) is 4.68. The third-order valence-corrected chi connectivity index (χ3v) is 2.69. The highest BCUT2D eigenvalue weighted by atomic mass is 16.3. The lowest BCUT2D eigenvalue weighted by Crippen LogP contribution is -2.20. The van der Waals surface area contributed by atoms with E-state index in [4.69, 9.17) is 0 Å². The van der Waals surface area contributed by atoms with Gasteiger partial charge in [0.05, 0.1) is 6.10 Å². The molecule has 0 aliphatic carbocycles. The van der Waals surface area contributed by atoms with Crippen molar-refractivity contribution in [1.82, 2.24) is 0 Å². The van der Waals surface area contributed by atoms with Crippen molar-refractivity contribution in [3.8, 4) is 0 Å². The molecule has 0 heterocycles. The van der Waals surface area contributed by atoms with E-state index in [1.54, 1.807) is 0 Å². The third kappa shape index (κ3) is 3.51. The molecule has 0 bridgehead atoms. The molecule has 1 aromatic carbocycles. The molecular weight excluding hydrogens is 172 g/mol. The van der Waals surface area contributed by atoms with Gasteiger partial charge in [0.15, 0.2) is 0 Å². The van der Waals surface area contributed by atoms with Gasteiger partial charge in [-0.3, -0.25) is 0 Å². The molecule has 1 rings (SSSR count). The van der Waals surface area contributed by atoms with Crippen LogP contribution in [-0.4, -0.2) is 11.2 Å². The van der Waals surface area contributed by atoms with Crippen LogP contribution in [-0.2, 0) is 6.42 Å². The highest BCUT2D eigenvalue weighted by Gasteiger charge is 2.13. The van der Waals surface area contributed by atoms with Crippen LogP contribution in [0.1, 0.15) is 32.3 Å². The zero-order valence-corrected chi connectivity index (χ0v) is 9.11. The van der Waals surface area contributed by atoms with Gasteiger partial charge in [-0.2, -0.15) is 0 Å². The van der Waals surface area contributed by atoms with E-state index < -0.39 is 0 Å². The molecular formula is C13H20O. The van der Waals surface area contributed by atoms with Gasteiger partial charge in [0.2, 0.25) is 0 Å².